The number of Topliss-reactive ketones (excluding diaryl/α,β-unsaturated/α-hetero) is 1. The first-order chi connectivity index (χ1) is 16.3. The monoisotopic (exact) mass is 538 g/mol. The van der Waals surface area contributed by atoms with Crippen LogP contribution in [-0.4, -0.2) is 42.3 Å². The molecule has 1 aliphatic heterocycles. The van der Waals surface area contributed by atoms with Gasteiger partial charge < -0.3 is 14.9 Å². The second kappa shape index (κ2) is 10.0. The van der Waals surface area contributed by atoms with E-state index in [9.17, 15) is 14.7 Å². The van der Waals surface area contributed by atoms with Crippen LogP contribution in [0.2, 0.25) is 5.02 Å². The molecule has 0 bridgehead atoms. The maximum absolute atomic E-state index is 13.2. The summed E-state index contributed by atoms with van der Waals surface area (Å²) in [5, 5.41) is 11.8. The summed E-state index contributed by atoms with van der Waals surface area (Å²) in [6, 6.07) is 21.4. The molecule has 1 unspecified atom stereocenters. The van der Waals surface area contributed by atoms with Crippen molar-refractivity contribution in [2.45, 2.75) is 12.5 Å². The molecule has 1 atom stereocenters. The number of halogens is 2. The van der Waals surface area contributed by atoms with Crippen LogP contribution < -0.4 is 4.90 Å². The maximum atomic E-state index is 13.2. The van der Waals surface area contributed by atoms with Crippen LogP contribution in [0.15, 0.2) is 82.8 Å². The molecule has 0 radical (unpaired) electrons. The minimum Gasteiger partial charge on any atom is -0.507 e. The number of hydrogen-bond donors (Lipinski definition) is 1. The summed E-state index contributed by atoms with van der Waals surface area (Å²) in [4.78, 5) is 29.8. The van der Waals surface area contributed by atoms with Crippen LogP contribution in [0.3, 0.4) is 0 Å². The molecule has 1 N–H and O–H groups in total. The van der Waals surface area contributed by atoms with Gasteiger partial charge in [-0.25, -0.2) is 0 Å². The number of rotatable bonds is 6. The first kappa shape index (κ1) is 24.0. The molecule has 34 heavy (non-hydrogen) atoms. The molecule has 0 spiro atoms. The Labute approximate surface area is 212 Å². The molecular weight excluding hydrogens is 516 g/mol. The van der Waals surface area contributed by atoms with Crippen LogP contribution in [0.1, 0.15) is 22.7 Å². The standard InChI is InChI=1S/C27H24BrClN2O3/c1-30(2)22-13-7-18(8-14-22)24-23(25(32)19-5-9-20(28)10-6-19)26(33)27(34)31(24)16-15-17-3-11-21(29)12-4-17/h3-14,24,32H,15-16H2,1-2H3/b25-23-. The largest absolute Gasteiger partial charge is 0.507 e. The number of nitrogens with zero attached hydrogens (tertiary/aromatic N) is 2. The Morgan fingerprint density at radius 1 is 0.971 bits per heavy atom. The number of hydrogen-bond acceptors (Lipinski definition) is 4. The maximum Gasteiger partial charge on any atom is 0.295 e. The molecule has 1 saturated heterocycles. The Morgan fingerprint density at radius 3 is 2.18 bits per heavy atom. The molecule has 174 valence electrons. The molecular formula is C27H24BrClN2O3. The van der Waals surface area contributed by atoms with Crippen LogP contribution in [0.5, 0.6) is 0 Å². The van der Waals surface area contributed by atoms with Crippen molar-refractivity contribution < 1.29 is 14.7 Å². The Hall–Kier alpha value is -3.09. The second-order valence-electron chi connectivity index (χ2n) is 8.36. The number of benzene rings is 3. The van der Waals surface area contributed by atoms with Gasteiger partial charge in [0.2, 0.25) is 0 Å². The van der Waals surface area contributed by atoms with Crippen LogP contribution in [0.4, 0.5) is 5.69 Å². The van der Waals surface area contributed by atoms with Crippen molar-refractivity contribution in [1.82, 2.24) is 4.90 Å². The first-order valence-electron chi connectivity index (χ1n) is 10.8. The third-order valence-corrected chi connectivity index (χ3v) is 6.72. The summed E-state index contributed by atoms with van der Waals surface area (Å²) < 4.78 is 0.850. The van der Waals surface area contributed by atoms with E-state index in [0.29, 0.717) is 23.6 Å². The molecule has 1 fully saturated rings. The average molecular weight is 540 g/mol. The summed E-state index contributed by atoms with van der Waals surface area (Å²) in [5.41, 5.74) is 3.34. The van der Waals surface area contributed by atoms with E-state index in [0.717, 1.165) is 21.3 Å². The van der Waals surface area contributed by atoms with Gasteiger partial charge in [-0.2, -0.15) is 0 Å². The van der Waals surface area contributed by atoms with Gasteiger partial charge in [-0.15, -0.1) is 0 Å². The fourth-order valence-electron chi connectivity index (χ4n) is 4.08. The Morgan fingerprint density at radius 2 is 1.59 bits per heavy atom. The molecule has 4 rings (SSSR count). The van der Waals surface area contributed by atoms with Crippen molar-refractivity contribution in [3.8, 4) is 0 Å². The molecule has 1 amide bonds. The second-order valence-corrected chi connectivity index (χ2v) is 9.71. The van der Waals surface area contributed by atoms with Gasteiger partial charge in [0.1, 0.15) is 5.76 Å². The minimum atomic E-state index is -0.688. The zero-order chi connectivity index (χ0) is 24.4. The lowest BCUT2D eigenvalue weighted by Crippen LogP contribution is -2.31. The van der Waals surface area contributed by atoms with E-state index < -0.39 is 17.7 Å². The van der Waals surface area contributed by atoms with E-state index in [-0.39, 0.29) is 11.3 Å². The smallest absolute Gasteiger partial charge is 0.295 e. The summed E-state index contributed by atoms with van der Waals surface area (Å²) in [5.74, 6) is -1.48. The number of ketones is 1. The number of aliphatic hydroxyl groups is 1. The van der Waals surface area contributed by atoms with E-state index in [4.69, 9.17) is 11.6 Å². The van der Waals surface area contributed by atoms with Gasteiger partial charge in [-0.05, 0) is 53.9 Å². The van der Waals surface area contributed by atoms with Crippen molar-refractivity contribution in [1.29, 1.82) is 0 Å². The molecule has 1 heterocycles. The molecule has 0 saturated carbocycles. The SMILES string of the molecule is CN(C)c1ccc(C2/C(=C(/O)c3ccc(Br)cc3)C(=O)C(=O)N2CCc2ccc(Cl)cc2)cc1. The van der Waals surface area contributed by atoms with Gasteiger partial charge in [-0.1, -0.05) is 63.9 Å². The van der Waals surface area contributed by atoms with Gasteiger partial charge >= 0.3 is 0 Å². The Bertz CT molecular complexity index is 1240. The summed E-state index contributed by atoms with van der Waals surface area (Å²) in [7, 11) is 3.89. The van der Waals surface area contributed by atoms with Gasteiger partial charge in [0, 0.05) is 41.4 Å². The summed E-state index contributed by atoms with van der Waals surface area (Å²) >= 11 is 9.38. The van der Waals surface area contributed by atoms with Gasteiger partial charge in [0.05, 0.1) is 11.6 Å². The van der Waals surface area contributed by atoms with E-state index >= 15 is 0 Å². The fraction of sp³-hybridized carbons (Fsp3) is 0.185. The molecule has 0 aromatic heterocycles. The van der Waals surface area contributed by atoms with E-state index in [1.54, 1.807) is 41.3 Å². The topological polar surface area (TPSA) is 60.9 Å². The highest BCUT2D eigenvalue weighted by Gasteiger charge is 2.45. The van der Waals surface area contributed by atoms with E-state index in [1.807, 2.05) is 55.4 Å². The number of anilines is 1. The molecule has 5 nitrogen and oxygen atoms in total. The van der Waals surface area contributed by atoms with Crippen LogP contribution in [0, 0.1) is 0 Å². The summed E-state index contributed by atoms with van der Waals surface area (Å²) in [6.45, 7) is 0.323. The predicted octanol–water partition coefficient (Wildman–Crippen LogP) is 5.83. The molecule has 3 aromatic carbocycles. The van der Waals surface area contributed by atoms with Crippen molar-refractivity contribution in [3.05, 3.63) is 105 Å². The average Bonchev–Trinajstić information content (AvgIpc) is 3.08. The highest BCUT2D eigenvalue weighted by Crippen LogP contribution is 2.40. The molecule has 0 aliphatic carbocycles. The Kier molecular flexibility index (Phi) is 7.10. The third kappa shape index (κ3) is 4.88. The highest BCUT2D eigenvalue weighted by molar-refractivity contribution is 9.10. The lowest BCUT2D eigenvalue weighted by Gasteiger charge is -2.26. The van der Waals surface area contributed by atoms with Crippen molar-refractivity contribution in [2.75, 3.05) is 25.5 Å². The zero-order valence-electron chi connectivity index (χ0n) is 18.8. The quantitative estimate of drug-likeness (QED) is 0.243. The minimum absolute atomic E-state index is 0.0982. The van der Waals surface area contributed by atoms with Gasteiger partial charge in [-0.3, -0.25) is 9.59 Å². The van der Waals surface area contributed by atoms with E-state index in [1.165, 1.54) is 0 Å². The van der Waals surface area contributed by atoms with Crippen LogP contribution >= 0.6 is 27.5 Å². The van der Waals surface area contributed by atoms with Crippen LogP contribution in [0.25, 0.3) is 5.76 Å². The van der Waals surface area contributed by atoms with Gasteiger partial charge in [0.15, 0.2) is 0 Å². The number of carbonyl (C=O) groups excluding carboxylic acids is 2. The van der Waals surface area contributed by atoms with Crippen molar-refractivity contribution >= 4 is 50.7 Å². The van der Waals surface area contributed by atoms with Crippen molar-refractivity contribution in [3.63, 3.8) is 0 Å². The molecule has 7 heteroatoms. The first-order valence-corrected chi connectivity index (χ1v) is 12.0. The molecule has 1 aliphatic rings. The lowest BCUT2D eigenvalue weighted by molar-refractivity contribution is -0.139. The predicted molar refractivity (Wildman–Crippen MR) is 139 cm³/mol. The number of amides is 1. The number of likely N-dealkylation sites (tertiary alicyclic amines) is 1. The highest BCUT2D eigenvalue weighted by atomic mass is 79.9. The van der Waals surface area contributed by atoms with E-state index in [2.05, 4.69) is 15.9 Å². The van der Waals surface area contributed by atoms with Gasteiger partial charge in [0.25, 0.3) is 11.7 Å². The lowest BCUT2D eigenvalue weighted by atomic mass is 9.95. The normalized spacial score (nSPS) is 17.3. The number of carbonyl (C=O) groups is 2. The van der Waals surface area contributed by atoms with Crippen LogP contribution in [-0.2, 0) is 16.0 Å². The Balaban J connectivity index is 1.76. The summed E-state index contributed by atoms with van der Waals surface area (Å²) in [6.07, 6.45) is 0.550. The number of aliphatic hydroxyl groups excluding tert-OH is 1. The zero-order valence-corrected chi connectivity index (χ0v) is 21.2. The van der Waals surface area contributed by atoms with Crippen molar-refractivity contribution in [2.24, 2.45) is 0 Å². The third-order valence-electron chi connectivity index (χ3n) is 5.94. The molecule has 3 aromatic rings. The fourth-order valence-corrected chi connectivity index (χ4v) is 4.47.